The summed E-state index contributed by atoms with van der Waals surface area (Å²) in [6.45, 7) is 9.52. The number of amides is 2. The highest BCUT2D eigenvalue weighted by molar-refractivity contribution is 6.35. The second kappa shape index (κ2) is 11.7. The van der Waals surface area contributed by atoms with Crippen molar-refractivity contribution in [2.24, 2.45) is 0 Å². The molecule has 1 fully saturated rings. The molecule has 0 N–H and O–H groups in total. The molecule has 0 aliphatic carbocycles. The molecule has 1 aromatic rings. The fourth-order valence-corrected chi connectivity index (χ4v) is 4.40. The van der Waals surface area contributed by atoms with E-state index in [1.807, 2.05) is 45.2 Å². The Morgan fingerprint density at radius 3 is 2.33 bits per heavy atom. The summed E-state index contributed by atoms with van der Waals surface area (Å²) in [5.74, 6) is 0.347. The maximum atomic E-state index is 13.5. The van der Waals surface area contributed by atoms with E-state index in [1.165, 1.54) is 4.90 Å². The minimum atomic E-state index is -0.221. The second-order valence-electron chi connectivity index (χ2n) is 9.28. The number of nitrogens with zero attached hydrogens (tertiary/aromatic N) is 3. The quantitative estimate of drug-likeness (QED) is 0.375. The van der Waals surface area contributed by atoms with Crippen molar-refractivity contribution in [3.8, 4) is 5.75 Å². The summed E-state index contributed by atoms with van der Waals surface area (Å²) in [7, 11) is 4.08. The molecule has 7 nitrogen and oxygen atoms in total. The van der Waals surface area contributed by atoms with Gasteiger partial charge in [-0.2, -0.15) is 0 Å². The van der Waals surface area contributed by atoms with Crippen molar-refractivity contribution in [1.29, 1.82) is 0 Å². The monoisotopic (exact) mass is 457 g/mol. The fraction of sp³-hybridized carbons (Fsp3) is 0.615. The largest absolute Gasteiger partial charge is 0.494 e. The molecule has 3 rings (SSSR count). The number of imide groups is 1. The van der Waals surface area contributed by atoms with Gasteiger partial charge in [-0.15, -0.1) is 0 Å². The Hall–Kier alpha value is -2.38. The van der Waals surface area contributed by atoms with Gasteiger partial charge >= 0.3 is 0 Å². The van der Waals surface area contributed by atoms with Crippen LogP contribution in [0.3, 0.4) is 0 Å². The van der Waals surface area contributed by atoms with Crippen molar-refractivity contribution in [3.05, 3.63) is 35.5 Å². The van der Waals surface area contributed by atoms with Crippen LogP contribution in [0.2, 0.25) is 0 Å². The van der Waals surface area contributed by atoms with Gasteiger partial charge in [0.25, 0.3) is 11.8 Å². The summed E-state index contributed by atoms with van der Waals surface area (Å²) >= 11 is 0. The summed E-state index contributed by atoms with van der Waals surface area (Å²) in [5, 5.41) is 0. The smallest absolute Gasteiger partial charge is 0.277 e. The molecule has 0 bridgehead atoms. The molecule has 0 radical (unpaired) electrons. The van der Waals surface area contributed by atoms with Gasteiger partial charge in [0.05, 0.1) is 18.3 Å². The molecule has 2 aliphatic heterocycles. The predicted octanol–water partition coefficient (Wildman–Crippen LogP) is 3.40. The highest BCUT2D eigenvalue weighted by Gasteiger charge is 2.42. The van der Waals surface area contributed by atoms with Gasteiger partial charge in [-0.3, -0.25) is 14.5 Å². The minimum absolute atomic E-state index is 0.128. The van der Waals surface area contributed by atoms with Gasteiger partial charge < -0.3 is 19.3 Å². The summed E-state index contributed by atoms with van der Waals surface area (Å²) in [6, 6.07) is 7.77. The average Bonchev–Trinajstić information content (AvgIpc) is 3.05. The molecule has 33 heavy (non-hydrogen) atoms. The lowest BCUT2D eigenvalue weighted by atomic mass is 10.00. The molecule has 2 aliphatic rings. The van der Waals surface area contributed by atoms with Crippen LogP contribution in [-0.2, 0) is 14.3 Å². The highest BCUT2D eigenvalue weighted by atomic mass is 16.5. The van der Waals surface area contributed by atoms with E-state index >= 15 is 0 Å². The van der Waals surface area contributed by atoms with Crippen molar-refractivity contribution in [1.82, 2.24) is 14.7 Å². The zero-order valence-electron chi connectivity index (χ0n) is 20.8. The summed E-state index contributed by atoms with van der Waals surface area (Å²) in [5.41, 5.74) is 1.77. The molecular formula is C26H39N3O4. The van der Waals surface area contributed by atoms with E-state index in [2.05, 4.69) is 23.8 Å². The predicted molar refractivity (Wildman–Crippen MR) is 130 cm³/mol. The Balaban J connectivity index is 1.86. The third-order valence-electron chi connectivity index (χ3n) is 6.33. The maximum absolute atomic E-state index is 13.5. The first-order valence-electron chi connectivity index (χ1n) is 12.2. The lowest BCUT2D eigenvalue weighted by Crippen LogP contribution is -2.43. The van der Waals surface area contributed by atoms with Crippen molar-refractivity contribution in [2.75, 3.05) is 46.9 Å². The van der Waals surface area contributed by atoms with Gasteiger partial charge in [-0.05, 0) is 77.4 Å². The molecule has 2 heterocycles. The molecule has 7 heteroatoms. The van der Waals surface area contributed by atoms with Gasteiger partial charge in [0, 0.05) is 26.2 Å². The third kappa shape index (κ3) is 6.15. The zero-order valence-corrected chi connectivity index (χ0v) is 20.8. The Bertz CT molecular complexity index is 842. The molecule has 0 saturated carbocycles. The molecule has 0 spiro atoms. The maximum Gasteiger partial charge on any atom is 0.277 e. The first-order chi connectivity index (χ1) is 15.8. The van der Waals surface area contributed by atoms with Gasteiger partial charge in [0.2, 0.25) is 0 Å². The fourth-order valence-electron chi connectivity index (χ4n) is 4.40. The van der Waals surface area contributed by atoms with E-state index in [0.29, 0.717) is 37.4 Å². The molecule has 182 valence electrons. The summed E-state index contributed by atoms with van der Waals surface area (Å²) in [6.07, 6.45) is 3.62. The third-order valence-corrected chi connectivity index (χ3v) is 6.33. The van der Waals surface area contributed by atoms with E-state index in [4.69, 9.17) is 9.47 Å². The molecular weight excluding hydrogens is 418 g/mol. The van der Waals surface area contributed by atoms with Crippen LogP contribution in [0.4, 0.5) is 0 Å². The van der Waals surface area contributed by atoms with E-state index in [-0.39, 0.29) is 24.0 Å². The summed E-state index contributed by atoms with van der Waals surface area (Å²) in [4.78, 5) is 32.7. The van der Waals surface area contributed by atoms with Gasteiger partial charge in [-0.25, -0.2) is 0 Å². The lowest BCUT2D eigenvalue weighted by molar-refractivity contribution is -0.137. The molecule has 2 amide bonds. The van der Waals surface area contributed by atoms with Crippen LogP contribution >= 0.6 is 0 Å². The molecule has 1 saturated heterocycles. The number of benzene rings is 1. The number of likely N-dealkylation sites (N-methyl/N-ethyl adjacent to an activating group) is 1. The Labute approximate surface area is 198 Å². The summed E-state index contributed by atoms with van der Waals surface area (Å²) < 4.78 is 11.3. The molecule has 0 atom stereocenters. The second-order valence-corrected chi connectivity index (χ2v) is 9.28. The first kappa shape index (κ1) is 25.2. The number of likely N-dealkylation sites (tertiary alicyclic amines) is 1. The number of hydrogen-bond donors (Lipinski definition) is 0. The van der Waals surface area contributed by atoms with Crippen molar-refractivity contribution in [2.45, 2.75) is 58.6 Å². The van der Waals surface area contributed by atoms with E-state index in [0.717, 1.165) is 43.7 Å². The van der Waals surface area contributed by atoms with Crippen LogP contribution in [0, 0.1) is 0 Å². The standard InChI is InChI=1S/C26H39N3O4/c1-6-17-33-22-10-8-20(9-11-22)23-24(28(5)21-12-15-27(4)16-13-21)26(31)29(25(23)30)14-7-18-32-19(2)3/h8-11,19,21H,6-7,12-18H2,1-5H3. The van der Waals surface area contributed by atoms with Crippen LogP contribution in [-0.4, -0.2) is 85.6 Å². The van der Waals surface area contributed by atoms with E-state index in [9.17, 15) is 9.59 Å². The SMILES string of the molecule is CCCOc1ccc(C2=C(N(C)C3CCN(C)CC3)C(=O)N(CCCOC(C)C)C2=O)cc1. The minimum Gasteiger partial charge on any atom is -0.494 e. The molecule has 0 unspecified atom stereocenters. The van der Waals surface area contributed by atoms with Crippen LogP contribution in [0.5, 0.6) is 5.75 Å². The highest BCUT2D eigenvalue weighted by Crippen LogP contribution is 2.34. The van der Waals surface area contributed by atoms with Crippen LogP contribution in [0.1, 0.15) is 52.0 Å². The van der Waals surface area contributed by atoms with E-state index < -0.39 is 0 Å². The number of carbonyl (C=O) groups is 2. The van der Waals surface area contributed by atoms with Crippen LogP contribution in [0.15, 0.2) is 30.0 Å². The van der Waals surface area contributed by atoms with Crippen LogP contribution in [0.25, 0.3) is 5.57 Å². The van der Waals surface area contributed by atoms with Crippen molar-refractivity contribution in [3.63, 3.8) is 0 Å². The number of ether oxygens (including phenoxy) is 2. The lowest BCUT2D eigenvalue weighted by Gasteiger charge is -2.36. The zero-order chi connectivity index (χ0) is 24.0. The van der Waals surface area contributed by atoms with Gasteiger partial charge in [-0.1, -0.05) is 19.1 Å². The van der Waals surface area contributed by atoms with Crippen LogP contribution < -0.4 is 4.74 Å². The Kier molecular flexibility index (Phi) is 8.92. The number of rotatable bonds is 11. The van der Waals surface area contributed by atoms with Crippen molar-refractivity contribution >= 4 is 17.4 Å². The molecule has 1 aromatic carbocycles. The molecule has 0 aromatic heterocycles. The van der Waals surface area contributed by atoms with E-state index in [1.54, 1.807) is 0 Å². The van der Waals surface area contributed by atoms with Gasteiger partial charge in [0.1, 0.15) is 11.4 Å². The Morgan fingerprint density at radius 2 is 1.73 bits per heavy atom. The van der Waals surface area contributed by atoms with Crippen molar-refractivity contribution < 1.29 is 19.1 Å². The number of hydrogen-bond acceptors (Lipinski definition) is 6. The normalized spacial score (nSPS) is 18.1. The average molecular weight is 458 g/mol. The topological polar surface area (TPSA) is 62.3 Å². The van der Waals surface area contributed by atoms with Gasteiger partial charge in [0.15, 0.2) is 0 Å². The Morgan fingerprint density at radius 1 is 1.06 bits per heavy atom. The number of carbonyl (C=O) groups excluding carboxylic acids is 2. The number of piperidine rings is 1. The first-order valence-corrected chi connectivity index (χ1v) is 12.2.